The van der Waals surface area contributed by atoms with Crippen molar-refractivity contribution < 1.29 is 9.47 Å². The fourth-order valence-corrected chi connectivity index (χ4v) is 2.70. The highest BCUT2D eigenvalue weighted by Gasteiger charge is 2.10. The second-order valence-electron chi connectivity index (χ2n) is 5.24. The molecule has 0 aliphatic rings. The Labute approximate surface area is 124 Å². The number of benzene rings is 2. The van der Waals surface area contributed by atoms with E-state index >= 15 is 0 Å². The zero-order chi connectivity index (χ0) is 15.0. The number of nitrogens with zero attached hydrogens (tertiary/aromatic N) is 1. The van der Waals surface area contributed by atoms with E-state index < -0.39 is 0 Å². The van der Waals surface area contributed by atoms with Crippen molar-refractivity contribution in [1.29, 1.82) is 0 Å². The van der Waals surface area contributed by atoms with Gasteiger partial charge in [-0.3, -0.25) is 0 Å². The Morgan fingerprint density at radius 3 is 2.33 bits per heavy atom. The van der Waals surface area contributed by atoms with Gasteiger partial charge in [0.05, 0.1) is 19.7 Å². The van der Waals surface area contributed by atoms with Crippen LogP contribution in [-0.4, -0.2) is 18.8 Å². The molecule has 21 heavy (non-hydrogen) atoms. The van der Waals surface area contributed by atoms with Crippen molar-refractivity contribution in [2.24, 2.45) is 0 Å². The average Bonchev–Trinajstić information content (AvgIpc) is 2.83. The van der Waals surface area contributed by atoms with Gasteiger partial charge in [0.2, 0.25) is 0 Å². The van der Waals surface area contributed by atoms with Crippen LogP contribution in [0, 0.1) is 13.8 Å². The number of hydrogen-bond acceptors (Lipinski definition) is 2. The molecule has 0 aliphatic heterocycles. The lowest BCUT2D eigenvalue weighted by Gasteiger charge is -2.11. The third kappa shape index (κ3) is 2.25. The fourth-order valence-electron chi connectivity index (χ4n) is 2.70. The third-order valence-electron chi connectivity index (χ3n) is 3.81. The third-order valence-corrected chi connectivity index (χ3v) is 3.81. The Morgan fingerprint density at radius 2 is 1.62 bits per heavy atom. The van der Waals surface area contributed by atoms with Gasteiger partial charge in [-0.05, 0) is 43.2 Å². The summed E-state index contributed by atoms with van der Waals surface area (Å²) in [7, 11) is 3.31. The summed E-state index contributed by atoms with van der Waals surface area (Å²) in [6.07, 6.45) is 2.16. The van der Waals surface area contributed by atoms with Gasteiger partial charge in [-0.2, -0.15) is 0 Å². The topological polar surface area (TPSA) is 23.4 Å². The average molecular weight is 281 g/mol. The predicted octanol–water partition coefficient (Wildman–Crippen LogP) is 4.26. The molecule has 0 saturated carbocycles. The van der Waals surface area contributed by atoms with Crippen LogP contribution in [0.2, 0.25) is 0 Å². The Balaban J connectivity index is 2.23. The van der Waals surface area contributed by atoms with E-state index in [-0.39, 0.29) is 0 Å². The highest BCUT2D eigenvalue weighted by atomic mass is 16.5. The van der Waals surface area contributed by atoms with Crippen LogP contribution in [0.25, 0.3) is 16.6 Å². The van der Waals surface area contributed by atoms with Crippen LogP contribution < -0.4 is 9.47 Å². The van der Waals surface area contributed by atoms with E-state index in [0.717, 1.165) is 17.2 Å². The van der Waals surface area contributed by atoms with Gasteiger partial charge in [0.1, 0.15) is 0 Å². The molecule has 3 aromatic rings. The van der Waals surface area contributed by atoms with Crippen LogP contribution in [-0.2, 0) is 0 Å². The molecule has 1 heterocycles. The van der Waals surface area contributed by atoms with Gasteiger partial charge in [-0.1, -0.05) is 12.1 Å². The summed E-state index contributed by atoms with van der Waals surface area (Å²) in [5, 5.41) is 1.27. The molecule has 1 aromatic heterocycles. The number of fused-ring (bicyclic) bond motifs is 1. The normalized spacial score (nSPS) is 10.9. The van der Waals surface area contributed by atoms with Gasteiger partial charge >= 0.3 is 0 Å². The molecule has 3 rings (SSSR count). The van der Waals surface area contributed by atoms with Crippen LogP contribution in [0.1, 0.15) is 11.1 Å². The molecule has 0 aliphatic carbocycles. The van der Waals surface area contributed by atoms with Gasteiger partial charge in [-0.15, -0.1) is 0 Å². The lowest BCUT2D eigenvalue weighted by atomic mass is 10.1. The van der Waals surface area contributed by atoms with Crippen LogP contribution in [0.15, 0.2) is 42.6 Å². The quantitative estimate of drug-likeness (QED) is 0.716. The van der Waals surface area contributed by atoms with E-state index in [9.17, 15) is 0 Å². The molecule has 0 bridgehead atoms. The summed E-state index contributed by atoms with van der Waals surface area (Å²) in [6.45, 7) is 4.25. The number of ether oxygens (including phenoxy) is 2. The van der Waals surface area contributed by atoms with E-state index in [4.69, 9.17) is 9.47 Å². The monoisotopic (exact) mass is 281 g/mol. The predicted molar refractivity (Wildman–Crippen MR) is 85.9 cm³/mol. The van der Waals surface area contributed by atoms with Crippen molar-refractivity contribution in [1.82, 2.24) is 4.57 Å². The molecule has 0 atom stereocenters. The Morgan fingerprint density at radius 1 is 0.857 bits per heavy atom. The van der Waals surface area contributed by atoms with E-state index in [2.05, 4.69) is 42.8 Å². The van der Waals surface area contributed by atoms with Crippen molar-refractivity contribution >= 4 is 10.9 Å². The summed E-state index contributed by atoms with van der Waals surface area (Å²) in [4.78, 5) is 0. The second kappa shape index (κ2) is 5.17. The van der Waals surface area contributed by atoms with Crippen LogP contribution >= 0.6 is 0 Å². The van der Waals surface area contributed by atoms with E-state index in [1.165, 1.54) is 22.0 Å². The van der Waals surface area contributed by atoms with Gasteiger partial charge in [0.15, 0.2) is 11.5 Å². The van der Waals surface area contributed by atoms with Crippen molar-refractivity contribution in [3.63, 3.8) is 0 Å². The van der Waals surface area contributed by atoms with Crippen LogP contribution in [0.4, 0.5) is 0 Å². The Bertz CT molecular complexity index is 802. The summed E-state index contributed by atoms with van der Waals surface area (Å²) in [6, 6.07) is 12.5. The lowest BCUT2D eigenvalue weighted by Crippen LogP contribution is -1.96. The largest absolute Gasteiger partial charge is 0.493 e. The second-order valence-corrected chi connectivity index (χ2v) is 5.24. The first-order chi connectivity index (χ1) is 10.1. The SMILES string of the molecule is COc1ccc(-n2cc(C)c3ccc(C)cc32)cc1OC. The van der Waals surface area contributed by atoms with E-state index in [0.29, 0.717) is 0 Å². The summed E-state index contributed by atoms with van der Waals surface area (Å²) >= 11 is 0. The summed E-state index contributed by atoms with van der Waals surface area (Å²) in [5.41, 5.74) is 4.79. The number of aryl methyl sites for hydroxylation is 2. The van der Waals surface area contributed by atoms with Gasteiger partial charge in [-0.25, -0.2) is 0 Å². The van der Waals surface area contributed by atoms with Gasteiger partial charge < -0.3 is 14.0 Å². The Kier molecular flexibility index (Phi) is 3.34. The van der Waals surface area contributed by atoms with Gasteiger partial charge in [0.25, 0.3) is 0 Å². The first kappa shape index (κ1) is 13.6. The molecule has 0 saturated heterocycles. The van der Waals surface area contributed by atoms with Crippen molar-refractivity contribution in [3.05, 3.63) is 53.7 Å². The minimum Gasteiger partial charge on any atom is -0.493 e. The van der Waals surface area contributed by atoms with Crippen molar-refractivity contribution in [3.8, 4) is 17.2 Å². The molecule has 3 heteroatoms. The molecule has 0 N–H and O–H groups in total. The summed E-state index contributed by atoms with van der Waals surface area (Å²) < 4.78 is 12.9. The molecule has 0 amide bonds. The zero-order valence-corrected chi connectivity index (χ0v) is 12.8. The highest BCUT2D eigenvalue weighted by Crippen LogP contribution is 2.32. The molecular weight excluding hydrogens is 262 g/mol. The maximum atomic E-state index is 5.40. The zero-order valence-electron chi connectivity index (χ0n) is 12.8. The summed E-state index contributed by atoms with van der Waals surface area (Å²) in [5.74, 6) is 1.48. The van der Waals surface area contributed by atoms with E-state index in [1.807, 2.05) is 18.2 Å². The molecular formula is C18H19NO2. The standard InChI is InChI=1S/C18H19NO2/c1-12-5-7-15-13(2)11-19(16(15)9-12)14-6-8-17(20-3)18(10-14)21-4/h5-11H,1-4H3. The number of hydrogen-bond donors (Lipinski definition) is 0. The highest BCUT2D eigenvalue weighted by molar-refractivity contribution is 5.86. The molecule has 0 spiro atoms. The van der Waals surface area contributed by atoms with Gasteiger partial charge in [0, 0.05) is 23.3 Å². The molecule has 0 unspecified atom stereocenters. The molecule has 0 radical (unpaired) electrons. The van der Waals surface area contributed by atoms with Crippen molar-refractivity contribution in [2.75, 3.05) is 14.2 Å². The first-order valence-electron chi connectivity index (χ1n) is 6.94. The molecule has 0 fully saturated rings. The van der Waals surface area contributed by atoms with Crippen molar-refractivity contribution in [2.45, 2.75) is 13.8 Å². The van der Waals surface area contributed by atoms with Crippen LogP contribution in [0.3, 0.4) is 0 Å². The minimum absolute atomic E-state index is 0.738. The number of aromatic nitrogens is 1. The Hall–Kier alpha value is -2.42. The smallest absolute Gasteiger partial charge is 0.162 e. The maximum absolute atomic E-state index is 5.40. The maximum Gasteiger partial charge on any atom is 0.162 e. The number of methoxy groups -OCH3 is 2. The fraction of sp³-hybridized carbons (Fsp3) is 0.222. The minimum atomic E-state index is 0.738. The van der Waals surface area contributed by atoms with Crippen LogP contribution in [0.5, 0.6) is 11.5 Å². The lowest BCUT2D eigenvalue weighted by molar-refractivity contribution is 0.355. The number of rotatable bonds is 3. The van der Waals surface area contributed by atoms with E-state index in [1.54, 1.807) is 14.2 Å². The molecule has 108 valence electrons. The molecule has 3 nitrogen and oxygen atoms in total. The molecule has 2 aromatic carbocycles. The first-order valence-corrected chi connectivity index (χ1v) is 6.94.